The molecule has 1 rings (SSSR count). The highest BCUT2D eigenvalue weighted by molar-refractivity contribution is 4.70. The van der Waals surface area contributed by atoms with E-state index in [0.717, 1.165) is 45.6 Å². The van der Waals surface area contributed by atoms with E-state index >= 15 is 0 Å². The minimum absolute atomic E-state index is 0.331. The molecule has 0 aliphatic carbocycles. The number of rotatable bonds is 8. The minimum atomic E-state index is 0.331. The molecule has 1 fully saturated rings. The molecular weight excluding hydrogens is 204 g/mol. The second-order valence-corrected chi connectivity index (χ2v) is 4.60. The number of aliphatic hydroxyl groups is 1. The molecule has 1 atom stereocenters. The smallest absolute Gasteiger partial charge is 0.0826 e. The zero-order valence-corrected chi connectivity index (χ0v) is 10.5. The fourth-order valence-corrected chi connectivity index (χ4v) is 2.02. The quantitative estimate of drug-likeness (QED) is 0.595. The lowest BCUT2D eigenvalue weighted by Gasteiger charge is -2.27. The molecular formula is C12H26N2O2. The van der Waals surface area contributed by atoms with Crippen molar-refractivity contribution in [3.63, 3.8) is 0 Å². The Kier molecular flexibility index (Phi) is 7.76. The van der Waals surface area contributed by atoms with Crippen LogP contribution >= 0.6 is 0 Å². The van der Waals surface area contributed by atoms with E-state index < -0.39 is 0 Å². The molecule has 1 unspecified atom stereocenters. The van der Waals surface area contributed by atoms with Crippen LogP contribution in [0, 0.1) is 0 Å². The fourth-order valence-electron chi connectivity index (χ4n) is 2.02. The minimum Gasteiger partial charge on any atom is -0.396 e. The Balaban J connectivity index is 1.95. The summed E-state index contributed by atoms with van der Waals surface area (Å²) in [7, 11) is 2.16. The van der Waals surface area contributed by atoms with Gasteiger partial charge < -0.3 is 20.1 Å². The molecule has 0 aromatic heterocycles. The Bertz CT molecular complexity index is 161. The second-order valence-electron chi connectivity index (χ2n) is 4.60. The van der Waals surface area contributed by atoms with Crippen molar-refractivity contribution in [2.45, 2.75) is 31.8 Å². The number of likely N-dealkylation sites (N-methyl/N-ethyl adjacent to an activating group) is 1. The van der Waals surface area contributed by atoms with Crippen molar-refractivity contribution in [1.29, 1.82) is 0 Å². The molecule has 2 N–H and O–H groups in total. The molecule has 0 spiro atoms. The standard InChI is InChI=1S/C12H26N2O2/c1-14(7-4-2-3-5-8-15)11-12-10-13-6-9-16-12/h12-13,15H,2-11H2,1H3. The third kappa shape index (κ3) is 6.43. The van der Waals surface area contributed by atoms with Crippen molar-refractivity contribution in [3.8, 4) is 0 Å². The number of nitrogens with one attached hydrogen (secondary N) is 1. The maximum absolute atomic E-state index is 8.66. The molecule has 0 amide bonds. The summed E-state index contributed by atoms with van der Waals surface area (Å²) in [4.78, 5) is 2.34. The van der Waals surface area contributed by atoms with Gasteiger partial charge in [-0.15, -0.1) is 0 Å². The van der Waals surface area contributed by atoms with Crippen molar-refractivity contribution in [2.24, 2.45) is 0 Å². The molecule has 1 aliphatic heterocycles. The first-order chi connectivity index (χ1) is 7.83. The number of aliphatic hydroxyl groups excluding tert-OH is 1. The molecule has 4 heteroatoms. The second kappa shape index (κ2) is 8.93. The van der Waals surface area contributed by atoms with E-state index in [4.69, 9.17) is 9.84 Å². The van der Waals surface area contributed by atoms with Crippen LogP contribution < -0.4 is 5.32 Å². The number of ether oxygens (including phenoxy) is 1. The number of morpholine rings is 1. The summed E-state index contributed by atoms with van der Waals surface area (Å²) in [6.07, 6.45) is 4.88. The van der Waals surface area contributed by atoms with Gasteiger partial charge in [0.15, 0.2) is 0 Å². The Morgan fingerprint density at radius 2 is 2.12 bits per heavy atom. The van der Waals surface area contributed by atoms with Gasteiger partial charge in [0.05, 0.1) is 12.7 Å². The summed E-state index contributed by atoms with van der Waals surface area (Å²) >= 11 is 0. The molecule has 1 heterocycles. The molecule has 4 nitrogen and oxygen atoms in total. The van der Waals surface area contributed by atoms with Crippen LogP contribution in [-0.4, -0.2) is 62.6 Å². The van der Waals surface area contributed by atoms with E-state index in [0.29, 0.717) is 12.7 Å². The predicted molar refractivity (Wildman–Crippen MR) is 65.7 cm³/mol. The van der Waals surface area contributed by atoms with Gasteiger partial charge in [-0.25, -0.2) is 0 Å². The largest absolute Gasteiger partial charge is 0.396 e. The van der Waals surface area contributed by atoms with Crippen LogP contribution in [0.3, 0.4) is 0 Å². The van der Waals surface area contributed by atoms with Crippen LogP contribution in [0.25, 0.3) is 0 Å². The van der Waals surface area contributed by atoms with E-state index in [2.05, 4.69) is 17.3 Å². The number of hydrogen-bond acceptors (Lipinski definition) is 4. The summed E-state index contributed by atoms with van der Waals surface area (Å²) in [6.45, 7) is 5.29. The van der Waals surface area contributed by atoms with Crippen molar-refractivity contribution in [2.75, 3.05) is 46.4 Å². The molecule has 1 saturated heterocycles. The lowest BCUT2D eigenvalue weighted by molar-refractivity contribution is 0.00986. The third-order valence-corrected chi connectivity index (χ3v) is 2.97. The van der Waals surface area contributed by atoms with Gasteiger partial charge in [-0.3, -0.25) is 0 Å². The summed E-state index contributed by atoms with van der Waals surface area (Å²) in [5, 5.41) is 12.0. The average molecular weight is 230 g/mol. The Morgan fingerprint density at radius 3 is 2.81 bits per heavy atom. The van der Waals surface area contributed by atoms with Crippen LogP contribution in [0.15, 0.2) is 0 Å². The highest BCUT2D eigenvalue weighted by Gasteiger charge is 2.14. The van der Waals surface area contributed by atoms with Gasteiger partial charge in [0.2, 0.25) is 0 Å². The SMILES string of the molecule is CN(CCCCCCO)CC1CNCCO1. The lowest BCUT2D eigenvalue weighted by atomic mass is 10.2. The molecule has 96 valence electrons. The first-order valence-corrected chi connectivity index (χ1v) is 6.44. The Labute approximate surface area is 99.0 Å². The maximum Gasteiger partial charge on any atom is 0.0826 e. The van der Waals surface area contributed by atoms with Crippen LogP contribution in [0.1, 0.15) is 25.7 Å². The lowest BCUT2D eigenvalue weighted by Crippen LogP contribution is -2.44. The van der Waals surface area contributed by atoms with Crippen molar-refractivity contribution < 1.29 is 9.84 Å². The summed E-state index contributed by atoms with van der Waals surface area (Å²) in [6, 6.07) is 0. The normalized spacial score (nSPS) is 21.6. The fraction of sp³-hybridized carbons (Fsp3) is 1.00. The predicted octanol–water partition coefficient (Wildman–Crippen LogP) is 0.459. The van der Waals surface area contributed by atoms with E-state index in [1.165, 1.54) is 12.8 Å². The summed E-state index contributed by atoms with van der Waals surface area (Å²) in [5.41, 5.74) is 0. The van der Waals surface area contributed by atoms with E-state index in [-0.39, 0.29) is 0 Å². The van der Waals surface area contributed by atoms with Crippen LogP contribution in [0.4, 0.5) is 0 Å². The number of hydrogen-bond donors (Lipinski definition) is 2. The number of unbranched alkanes of at least 4 members (excludes halogenated alkanes) is 3. The molecule has 0 saturated carbocycles. The van der Waals surface area contributed by atoms with Crippen LogP contribution in [0.2, 0.25) is 0 Å². The molecule has 16 heavy (non-hydrogen) atoms. The average Bonchev–Trinajstić information content (AvgIpc) is 2.30. The number of nitrogens with zero attached hydrogens (tertiary/aromatic N) is 1. The first kappa shape index (κ1) is 13.9. The molecule has 0 radical (unpaired) electrons. The van der Waals surface area contributed by atoms with Crippen LogP contribution in [0.5, 0.6) is 0 Å². The van der Waals surface area contributed by atoms with E-state index in [9.17, 15) is 0 Å². The van der Waals surface area contributed by atoms with Gasteiger partial charge in [0.1, 0.15) is 0 Å². The van der Waals surface area contributed by atoms with Gasteiger partial charge in [-0.05, 0) is 26.4 Å². The molecule has 0 bridgehead atoms. The zero-order valence-electron chi connectivity index (χ0n) is 10.5. The highest BCUT2D eigenvalue weighted by atomic mass is 16.5. The molecule has 0 aromatic carbocycles. The third-order valence-electron chi connectivity index (χ3n) is 2.97. The Hall–Kier alpha value is -0.160. The van der Waals surface area contributed by atoms with Crippen LogP contribution in [-0.2, 0) is 4.74 Å². The van der Waals surface area contributed by atoms with E-state index in [1.54, 1.807) is 0 Å². The maximum atomic E-state index is 8.66. The highest BCUT2D eigenvalue weighted by Crippen LogP contribution is 2.03. The topological polar surface area (TPSA) is 44.7 Å². The van der Waals surface area contributed by atoms with Crippen molar-refractivity contribution in [3.05, 3.63) is 0 Å². The van der Waals surface area contributed by atoms with Gasteiger partial charge in [0.25, 0.3) is 0 Å². The van der Waals surface area contributed by atoms with Gasteiger partial charge in [-0.2, -0.15) is 0 Å². The van der Waals surface area contributed by atoms with Crippen molar-refractivity contribution >= 4 is 0 Å². The first-order valence-electron chi connectivity index (χ1n) is 6.44. The van der Waals surface area contributed by atoms with Gasteiger partial charge in [0, 0.05) is 26.2 Å². The molecule has 0 aromatic rings. The van der Waals surface area contributed by atoms with Gasteiger partial charge in [-0.1, -0.05) is 12.8 Å². The Morgan fingerprint density at radius 1 is 1.31 bits per heavy atom. The summed E-state index contributed by atoms with van der Waals surface area (Å²) in [5.74, 6) is 0. The monoisotopic (exact) mass is 230 g/mol. The van der Waals surface area contributed by atoms with E-state index in [1.807, 2.05) is 0 Å². The molecule has 1 aliphatic rings. The van der Waals surface area contributed by atoms with Gasteiger partial charge >= 0.3 is 0 Å². The zero-order chi connectivity index (χ0) is 11.6. The van der Waals surface area contributed by atoms with Crippen molar-refractivity contribution in [1.82, 2.24) is 10.2 Å². The summed E-state index contributed by atoms with van der Waals surface area (Å²) < 4.78 is 5.66.